The largest absolute Gasteiger partial charge is 0.349 e. The number of hydrogen-bond donors (Lipinski definition) is 2. The summed E-state index contributed by atoms with van der Waals surface area (Å²) in [6.07, 6.45) is 0.265. The molecule has 0 saturated carbocycles. The summed E-state index contributed by atoms with van der Waals surface area (Å²) in [5.74, 6) is -0.0896. The molecule has 1 aromatic carbocycles. The molecule has 2 amide bonds. The fourth-order valence-corrected chi connectivity index (χ4v) is 2.54. The third kappa shape index (κ3) is 5.48. The van der Waals surface area contributed by atoms with Crippen LogP contribution in [-0.2, 0) is 9.59 Å². The SMILES string of the molecule is CC(=O)NC(CC(=O)N1CCNCC1)c1ccc(Cl)cc1.Cl. The van der Waals surface area contributed by atoms with Crippen molar-refractivity contribution in [2.45, 2.75) is 19.4 Å². The first-order valence-corrected chi connectivity index (χ1v) is 7.45. The first-order chi connectivity index (χ1) is 10.1. The summed E-state index contributed by atoms with van der Waals surface area (Å²) in [4.78, 5) is 25.6. The molecular formula is C15H21Cl2N3O2. The number of hydrogen-bond acceptors (Lipinski definition) is 3. The van der Waals surface area contributed by atoms with Gasteiger partial charge in [-0.05, 0) is 17.7 Å². The lowest BCUT2D eigenvalue weighted by Gasteiger charge is -2.29. The van der Waals surface area contributed by atoms with Gasteiger partial charge in [-0.2, -0.15) is 0 Å². The third-order valence-corrected chi connectivity index (χ3v) is 3.75. The van der Waals surface area contributed by atoms with Crippen LogP contribution in [0.3, 0.4) is 0 Å². The minimum Gasteiger partial charge on any atom is -0.349 e. The zero-order valence-corrected chi connectivity index (χ0v) is 14.0. The van der Waals surface area contributed by atoms with E-state index in [1.165, 1.54) is 6.92 Å². The highest BCUT2D eigenvalue weighted by molar-refractivity contribution is 6.30. The third-order valence-electron chi connectivity index (χ3n) is 3.50. The fraction of sp³-hybridized carbons (Fsp3) is 0.467. The first-order valence-electron chi connectivity index (χ1n) is 7.07. The molecule has 5 nitrogen and oxygen atoms in total. The minimum atomic E-state index is -0.317. The van der Waals surface area contributed by atoms with Crippen molar-refractivity contribution >= 4 is 35.8 Å². The van der Waals surface area contributed by atoms with Crippen molar-refractivity contribution in [2.75, 3.05) is 26.2 Å². The molecule has 0 bridgehead atoms. The molecule has 0 radical (unpaired) electrons. The molecule has 22 heavy (non-hydrogen) atoms. The van der Waals surface area contributed by atoms with Crippen LogP contribution in [0.5, 0.6) is 0 Å². The molecular weight excluding hydrogens is 325 g/mol. The van der Waals surface area contributed by atoms with Crippen LogP contribution < -0.4 is 10.6 Å². The standard InChI is InChI=1S/C15H20ClN3O2.ClH/c1-11(20)18-14(12-2-4-13(16)5-3-12)10-15(21)19-8-6-17-7-9-19;/h2-5,14,17H,6-10H2,1H3,(H,18,20);1H. The van der Waals surface area contributed by atoms with Crippen LogP contribution in [0, 0.1) is 0 Å². The van der Waals surface area contributed by atoms with E-state index in [9.17, 15) is 9.59 Å². The highest BCUT2D eigenvalue weighted by Gasteiger charge is 2.22. The summed E-state index contributed by atoms with van der Waals surface area (Å²) in [5.41, 5.74) is 0.887. The first kappa shape index (κ1) is 18.7. The molecule has 1 aliphatic rings. The zero-order valence-electron chi connectivity index (χ0n) is 12.5. The molecule has 2 N–H and O–H groups in total. The zero-order chi connectivity index (χ0) is 15.2. The van der Waals surface area contributed by atoms with E-state index < -0.39 is 0 Å². The van der Waals surface area contributed by atoms with E-state index >= 15 is 0 Å². The Morgan fingerprint density at radius 1 is 1.27 bits per heavy atom. The van der Waals surface area contributed by atoms with E-state index in [4.69, 9.17) is 11.6 Å². The van der Waals surface area contributed by atoms with E-state index in [0.29, 0.717) is 18.1 Å². The smallest absolute Gasteiger partial charge is 0.225 e. The van der Waals surface area contributed by atoms with Gasteiger partial charge in [0.25, 0.3) is 0 Å². The second-order valence-corrected chi connectivity index (χ2v) is 5.58. The quantitative estimate of drug-likeness (QED) is 0.873. The number of amides is 2. The Kier molecular flexibility index (Phi) is 7.65. The van der Waals surface area contributed by atoms with Crippen molar-refractivity contribution < 1.29 is 9.59 Å². The van der Waals surface area contributed by atoms with Crippen LogP contribution in [0.15, 0.2) is 24.3 Å². The molecule has 1 saturated heterocycles. The Hall–Kier alpha value is -1.30. The van der Waals surface area contributed by atoms with Crippen molar-refractivity contribution in [1.29, 1.82) is 0 Å². The van der Waals surface area contributed by atoms with Gasteiger partial charge < -0.3 is 15.5 Å². The van der Waals surface area contributed by atoms with Gasteiger partial charge in [-0.25, -0.2) is 0 Å². The molecule has 1 aliphatic heterocycles. The van der Waals surface area contributed by atoms with Crippen molar-refractivity contribution in [3.8, 4) is 0 Å². The highest BCUT2D eigenvalue weighted by Crippen LogP contribution is 2.20. The predicted molar refractivity (Wildman–Crippen MR) is 89.3 cm³/mol. The maximum Gasteiger partial charge on any atom is 0.225 e. The van der Waals surface area contributed by atoms with Crippen molar-refractivity contribution in [3.05, 3.63) is 34.9 Å². The Morgan fingerprint density at radius 2 is 1.86 bits per heavy atom. The Balaban J connectivity index is 0.00000242. The molecule has 7 heteroatoms. The lowest BCUT2D eigenvalue weighted by atomic mass is 10.0. The summed E-state index contributed by atoms with van der Waals surface area (Å²) in [7, 11) is 0. The van der Waals surface area contributed by atoms with Crippen molar-refractivity contribution in [1.82, 2.24) is 15.5 Å². The monoisotopic (exact) mass is 345 g/mol. The van der Waals surface area contributed by atoms with Crippen LogP contribution >= 0.6 is 24.0 Å². The van der Waals surface area contributed by atoms with Gasteiger partial charge >= 0.3 is 0 Å². The number of carbonyl (C=O) groups is 2. The summed E-state index contributed by atoms with van der Waals surface area (Å²) >= 11 is 5.88. The van der Waals surface area contributed by atoms with Crippen LogP contribution in [0.25, 0.3) is 0 Å². The van der Waals surface area contributed by atoms with Gasteiger partial charge in [-0.1, -0.05) is 23.7 Å². The van der Waals surface area contributed by atoms with Gasteiger partial charge in [0.2, 0.25) is 11.8 Å². The molecule has 1 atom stereocenters. The van der Waals surface area contributed by atoms with Gasteiger partial charge in [0.05, 0.1) is 12.5 Å². The number of nitrogens with one attached hydrogen (secondary N) is 2. The Morgan fingerprint density at radius 3 is 2.41 bits per heavy atom. The van der Waals surface area contributed by atoms with Gasteiger partial charge in [-0.3, -0.25) is 9.59 Å². The van der Waals surface area contributed by atoms with E-state index in [-0.39, 0.29) is 36.7 Å². The number of benzene rings is 1. The fourth-order valence-electron chi connectivity index (χ4n) is 2.41. The Bertz CT molecular complexity index is 502. The van der Waals surface area contributed by atoms with Gasteiger partial charge in [0.1, 0.15) is 0 Å². The number of piperazine rings is 1. The van der Waals surface area contributed by atoms with Gasteiger partial charge in [-0.15, -0.1) is 12.4 Å². The number of nitrogens with zero attached hydrogens (tertiary/aromatic N) is 1. The average Bonchev–Trinajstić information content (AvgIpc) is 2.48. The number of rotatable bonds is 4. The summed E-state index contributed by atoms with van der Waals surface area (Å²) in [5, 5.41) is 6.69. The number of halogens is 2. The van der Waals surface area contributed by atoms with Crippen molar-refractivity contribution in [3.63, 3.8) is 0 Å². The normalized spacial score (nSPS) is 15.6. The molecule has 1 heterocycles. The lowest BCUT2D eigenvalue weighted by molar-refractivity contribution is -0.132. The second kappa shape index (κ2) is 8.98. The molecule has 0 aliphatic carbocycles. The maximum absolute atomic E-state index is 12.4. The average molecular weight is 346 g/mol. The molecule has 1 aromatic rings. The van der Waals surface area contributed by atoms with Crippen molar-refractivity contribution in [2.24, 2.45) is 0 Å². The molecule has 1 fully saturated rings. The predicted octanol–water partition coefficient (Wildman–Crippen LogP) is 1.76. The van der Waals surface area contributed by atoms with Crippen LogP contribution in [0.1, 0.15) is 24.9 Å². The minimum absolute atomic E-state index is 0. The number of carbonyl (C=O) groups excluding carboxylic acids is 2. The van der Waals surface area contributed by atoms with E-state index in [1.54, 1.807) is 12.1 Å². The summed E-state index contributed by atoms with van der Waals surface area (Å²) < 4.78 is 0. The highest BCUT2D eigenvalue weighted by atomic mass is 35.5. The van der Waals surface area contributed by atoms with Gasteiger partial charge in [0, 0.05) is 38.1 Å². The molecule has 0 aromatic heterocycles. The summed E-state index contributed by atoms with van der Waals surface area (Å²) in [6, 6.07) is 6.89. The van der Waals surface area contributed by atoms with Crippen LogP contribution in [0.2, 0.25) is 5.02 Å². The van der Waals surface area contributed by atoms with Crippen LogP contribution in [-0.4, -0.2) is 42.9 Å². The molecule has 0 spiro atoms. The van der Waals surface area contributed by atoms with E-state index in [1.807, 2.05) is 17.0 Å². The molecule has 122 valence electrons. The Labute approximate surface area is 141 Å². The maximum atomic E-state index is 12.4. The summed E-state index contributed by atoms with van der Waals surface area (Å²) in [6.45, 7) is 4.52. The van der Waals surface area contributed by atoms with Crippen LogP contribution in [0.4, 0.5) is 0 Å². The molecule has 1 unspecified atom stereocenters. The lowest BCUT2D eigenvalue weighted by Crippen LogP contribution is -2.47. The molecule has 2 rings (SSSR count). The topological polar surface area (TPSA) is 61.4 Å². The van der Waals surface area contributed by atoms with E-state index in [0.717, 1.165) is 18.7 Å². The van der Waals surface area contributed by atoms with E-state index in [2.05, 4.69) is 10.6 Å². The van der Waals surface area contributed by atoms with Gasteiger partial charge in [0.15, 0.2) is 0 Å². The second-order valence-electron chi connectivity index (χ2n) is 5.14.